The van der Waals surface area contributed by atoms with Crippen molar-refractivity contribution in [2.75, 3.05) is 11.4 Å². The average molecular weight is 350 g/mol. The molecule has 0 bridgehead atoms. The van der Waals surface area contributed by atoms with E-state index in [4.69, 9.17) is 0 Å². The van der Waals surface area contributed by atoms with E-state index in [1.165, 1.54) is 11.3 Å². The summed E-state index contributed by atoms with van der Waals surface area (Å²) < 4.78 is 0.677. The second-order valence-electron chi connectivity index (χ2n) is 5.66. The van der Waals surface area contributed by atoms with Gasteiger partial charge in [0.15, 0.2) is 5.78 Å². The number of amides is 1. The zero-order valence-electron chi connectivity index (χ0n) is 11.6. The Bertz CT molecular complexity index is 620. The Morgan fingerprint density at radius 1 is 1.19 bits per heavy atom. The van der Waals surface area contributed by atoms with Crippen LogP contribution in [0.4, 0.5) is 5.69 Å². The van der Waals surface area contributed by atoms with E-state index >= 15 is 0 Å². The van der Waals surface area contributed by atoms with Crippen molar-refractivity contribution in [3.8, 4) is 0 Å². The molecule has 0 atom stereocenters. The first-order valence-corrected chi connectivity index (χ1v) is 8.06. The lowest BCUT2D eigenvalue weighted by atomic mass is 9.86. The summed E-state index contributed by atoms with van der Waals surface area (Å²) in [4.78, 5) is 37.9. The molecule has 0 radical (unpaired) electrons. The Balaban J connectivity index is 1.84. The van der Waals surface area contributed by atoms with E-state index in [1.54, 1.807) is 18.2 Å². The fraction of sp³-hybridized carbons (Fsp3) is 0.438. The molecule has 0 spiro atoms. The summed E-state index contributed by atoms with van der Waals surface area (Å²) in [5.74, 6) is -1.02. The lowest BCUT2D eigenvalue weighted by Gasteiger charge is -2.23. The molecule has 1 aliphatic heterocycles. The molecular formula is C16H16BrNO3. The van der Waals surface area contributed by atoms with Crippen LogP contribution in [0.1, 0.15) is 42.5 Å². The molecule has 0 saturated heterocycles. The maximum Gasteiger partial charge on any atom is 0.299 e. The van der Waals surface area contributed by atoms with E-state index in [1.807, 2.05) is 0 Å². The minimum absolute atomic E-state index is 0.00481. The predicted molar refractivity (Wildman–Crippen MR) is 82.4 cm³/mol. The Hall–Kier alpha value is -1.49. The van der Waals surface area contributed by atoms with Gasteiger partial charge < -0.3 is 0 Å². The maximum atomic E-state index is 12.4. The van der Waals surface area contributed by atoms with Crippen molar-refractivity contribution < 1.29 is 14.4 Å². The van der Waals surface area contributed by atoms with Gasteiger partial charge in [-0.25, -0.2) is 0 Å². The number of nitrogens with zero attached hydrogens (tertiary/aromatic N) is 1. The van der Waals surface area contributed by atoms with E-state index < -0.39 is 11.7 Å². The minimum Gasteiger partial charge on any atom is -0.297 e. The normalized spacial score (nSPS) is 19.0. The SMILES string of the molecule is O=C1C(=O)N(CC(=O)C2CCCCC2)c2c(Br)cccc21. The molecule has 0 aromatic heterocycles. The van der Waals surface area contributed by atoms with Gasteiger partial charge in [0.2, 0.25) is 0 Å². The Morgan fingerprint density at radius 3 is 2.62 bits per heavy atom. The monoisotopic (exact) mass is 349 g/mol. The third-order valence-electron chi connectivity index (χ3n) is 4.32. The number of Topliss-reactive ketones (excluding diaryl/α,β-unsaturated/α-hetero) is 2. The second kappa shape index (κ2) is 5.72. The quantitative estimate of drug-likeness (QED) is 0.787. The van der Waals surface area contributed by atoms with Gasteiger partial charge in [-0.3, -0.25) is 19.3 Å². The summed E-state index contributed by atoms with van der Waals surface area (Å²) in [5, 5.41) is 0. The number of rotatable bonds is 3. The standard InChI is InChI=1S/C16H16BrNO3/c17-12-8-4-7-11-14(12)18(16(21)15(11)20)9-13(19)10-5-2-1-3-6-10/h4,7-8,10H,1-3,5-6,9H2. The van der Waals surface area contributed by atoms with Gasteiger partial charge in [-0.05, 0) is 40.9 Å². The number of ketones is 2. The summed E-state index contributed by atoms with van der Waals surface area (Å²) in [6, 6.07) is 5.13. The summed E-state index contributed by atoms with van der Waals surface area (Å²) in [7, 11) is 0. The molecule has 1 aromatic carbocycles. The number of hydrogen-bond acceptors (Lipinski definition) is 3. The van der Waals surface area contributed by atoms with Gasteiger partial charge in [-0.2, -0.15) is 0 Å². The van der Waals surface area contributed by atoms with Crippen molar-refractivity contribution in [1.82, 2.24) is 0 Å². The molecule has 3 rings (SSSR count). The summed E-state index contributed by atoms with van der Waals surface area (Å²) in [6.45, 7) is 0.00481. The zero-order chi connectivity index (χ0) is 15.0. The van der Waals surface area contributed by atoms with Crippen LogP contribution >= 0.6 is 15.9 Å². The third-order valence-corrected chi connectivity index (χ3v) is 4.96. The van der Waals surface area contributed by atoms with Crippen LogP contribution in [0.2, 0.25) is 0 Å². The van der Waals surface area contributed by atoms with Crippen LogP contribution in [0, 0.1) is 5.92 Å². The van der Waals surface area contributed by atoms with Gasteiger partial charge in [0.05, 0.1) is 17.8 Å². The Kier molecular flexibility index (Phi) is 3.93. The van der Waals surface area contributed by atoms with Crippen molar-refractivity contribution in [1.29, 1.82) is 0 Å². The largest absolute Gasteiger partial charge is 0.299 e. The molecule has 1 saturated carbocycles. The first kappa shape index (κ1) is 14.4. The molecule has 1 aliphatic carbocycles. The van der Waals surface area contributed by atoms with Crippen molar-refractivity contribution in [3.05, 3.63) is 28.2 Å². The van der Waals surface area contributed by atoms with Gasteiger partial charge in [0.25, 0.3) is 11.7 Å². The van der Waals surface area contributed by atoms with Crippen LogP contribution in [0.3, 0.4) is 0 Å². The van der Waals surface area contributed by atoms with E-state index in [0.717, 1.165) is 25.7 Å². The molecule has 2 aliphatic rings. The molecule has 1 heterocycles. The highest BCUT2D eigenvalue weighted by Crippen LogP contribution is 2.36. The van der Waals surface area contributed by atoms with Crippen LogP contribution in [0.5, 0.6) is 0 Å². The average Bonchev–Trinajstić information content (AvgIpc) is 2.74. The van der Waals surface area contributed by atoms with Gasteiger partial charge in [-0.15, -0.1) is 0 Å². The second-order valence-corrected chi connectivity index (χ2v) is 6.51. The Morgan fingerprint density at radius 2 is 1.90 bits per heavy atom. The van der Waals surface area contributed by atoms with E-state index in [2.05, 4.69) is 15.9 Å². The van der Waals surface area contributed by atoms with Crippen molar-refractivity contribution >= 4 is 39.1 Å². The number of benzene rings is 1. The topological polar surface area (TPSA) is 54.5 Å². The number of anilines is 1. The van der Waals surface area contributed by atoms with Crippen molar-refractivity contribution in [2.45, 2.75) is 32.1 Å². The van der Waals surface area contributed by atoms with Crippen LogP contribution < -0.4 is 4.90 Å². The number of carbonyl (C=O) groups excluding carboxylic acids is 3. The zero-order valence-corrected chi connectivity index (χ0v) is 13.2. The van der Waals surface area contributed by atoms with Crippen LogP contribution in [0.25, 0.3) is 0 Å². The molecule has 1 fully saturated rings. The minimum atomic E-state index is -0.596. The molecule has 1 aromatic rings. The lowest BCUT2D eigenvalue weighted by Crippen LogP contribution is -2.37. The van der Waals surface area contributed by atoms with Crippen molar-refractivity contribution in [3.63, 3.8) is 0 Å². The van der Waals surface area contributed by atoms with Gasteiger partial charge in [0, 0.05) is 10.4 Å². The van der Waals surface area contributed by atoms with E-state index in [9.17, 15) is 14.4 Å². The summed E-state index contributed by atoms with van der Waals surface area (Å²) in [5.41, 5.74) is 0.919. The molecule has 5 heteroatoms. The molecule has 0 unspecified atom stereocenters. The van der Waals surface area contributed by atoms with Gasteiger partial charge in [-0.1, -0.05) is 25.3 Å². The highest BCUT2D eigenvalue weighted by Gasteiger charge is 2.39. The van der Waals surface area contributed by atoms with Crippen LogP contribution in [0.15, 0.2) is 22.7 Å². The number of hydrogen-bond donors (Lipinski definition) is 0. The highest BCUT2D eigenvalue weighted by molar-refractivity contribution is 9.10. The summed E-state index contributed by atoms with van der Waals surface area (Å²) >= 11 is 3.37. The molecule has 21 heavy (non-hydrogen) atoms. The molecule has 0 N–H and O–H groups in total. The van der Waals surface area contributed by atoms with Gasteiger partial charge in [0.1, 0.15) is 0 Å². The number of carbonyl (C=O) groups is 3. The smallest absolute Gasteiger partial charge is 0.297 e. The maximum absolute atomic E-state index is 12.4. The van der Waals surface area contributed by atoms with Crippen molar-refractivity contribution in [2.24, 2.45) is 5.92 Å². The highest BCUT2D eigenvalue weighted by atomic mass is 79.9. The van der Waals surface area contributed by atoms with Crippen LogP contribution in [-0.4, -0.2) is 24.0 Å². The fourth-order valence-corrected chi connectivity index (χ4v) is 3.75. The molecular weight excluding hydrogens is 334 g/mol. The number of halogens is 1. The van der Waals surface area contributed by atoms with Gasteiger partial charge >= 0.3 is 0 Å². The predicted octanol–water partition coefficient (Wildman–Crippen LogP) is 3.13. The Labute approximate surface area is 131 Å². The number of para-hydroxylation sites is 1. The number of fused-ring (bicyclic) bond motifs is 1. The molecule has 4 nitrogen and oxygen atoms in total. The summed E-state index contributed by atoms with van der Waals surface area (Å²) in [6.07, 6.45) is 5.13. The first-order valence-electron chi connectivity index (χ1n) is 7.27. The molecule has 1 amide bonds. The third kappa shape index (κ3) is 2.55. The van der Waals surface area contributed by atoms with E-state index in [-0.39, 0.29) is 18.2 Å². The van der Waals surface area contributed by atoms with E-state index in [0.29, 0.717) is 15.7 Å². The van der Waals surface area contributed by atoms with Crippen LogP contribution in [-0.2, 0) is 9.59 Å². The fourth-order valence-electron chi connectivity index (χ4n) is 3.17. The lowest BCUT2D eigenvalue weighted by molar-refractivity contribution is -0.124. The molecule has 110 valence electrons. The first-order chi connectivity index (χ1) is 10.1.